The van der Waals surface area contributed by atoms with Crippen molar-refractivity contribution in [3.05, 3.63) is 47.5 Å². The van der Waals surface area contributed by atoms with Gasteiger partial charge in [-0.15, -0.1) is 0 Å². The second-order valence-corrected chi connectivity index (χ2v) is 7.53. The summed E-state index contributed by atoms with van der Waals surface area (Å²) in [4.78, 5) is 0.227. The number of hydrogen-bond donors (Lipinski definition) is 1. The van der Waals surface area contributed by atoms with Crippen molar-refractivity contribution in [3.63, 3.8) is 0 Å². The molecule has 0 saturated heterocycles. The van der Waals surface area contributed by atoms with E-state index in [0.29, 0.717) is 23.7 Å². The summed E-state index contributed by atoms with van der Waals surface area (Å²) in [6, 6.07) is 9.73. The first kappa shape index (κ1) is 17.6. The first-order valence-corrected chi connectivity index (χ1v) is 9.43. The van der Waals surface area contributed by atoms with Crippen LogP contribution in [0.3, 0.4) is 0 Å². The van der Waals surface area contributed by atoms with Crippen LogP contribution in [0.5, 0.6) is 17.2 Å². The maximum Gasteiger partial charge on any atom is 0.241 e. The summed E-state index contributed by atoms with van der Waals surface area (Å²) in [5.41, 5.74) is 1.62. The standard InChI is InChI=1S/C18H21NO5S/c1-12(16-11-14(22-2)4-6-18(16)23-3)19-25(20,21)15-5-7-17-13(10-15)8-9-24-17/h4-7,10-12,19H,8-9H2,1-3H3/t12-/m0/s1. The van der Waals surface area contributed by atoms with E-state index in [1.54, 1.807) is 57.5 Å². The summed E-state index contributed by atoms with van der Waals surface area (Å²) >= 11 is 0. The van der Waals surface area contributed by atoms with Gasteiger partial charge in [0.1, 0.15) is 17.2 Å². The number of methoxy groups -OCH3 is 2. The average Bonchev–Trinajstić information content (AvgIpc) is 3.08. The number of sulfonamides is 1. The number of fused-ring (bicyclic) bond motifs is 1. The Kier molecular flexibility index (Phi) is 4.87. The molecule has 0 fully saturated rings. The van der Waals surface area contributed by atoms with Crippen LogP contribution in [-0.4, -0.2) is 29.2 Å². The fourth-order valence-corrected chi connectivity index (χ4v) is 4.15. The topological polar surface area (TPSA) is 73.9 Å². The molecule has 1 aliphatic heterocycles. The van der Waals surface area contributed by atoms with Crippen LogP contribution in [0.15, 0.2) is 41.3 Å². The molecule has 0 spiro atoms. The van der Waals surface area contributed by atoms with Crippen molar-refractivity contribution in [2.45, 2.75) is 24.3 Å². The summed E-state index contributed by atoms with van der Waals surface area (Å²) in [5.74, 6) is 1.98. The minimum atomic E-state index is -3.68. The van der Waals surface area contributed by atoms with Gasteiger partial charge in [-0.25, -0.2) is 13.1 Å². The van der Waals surface area contributed by atoms with Gasteiger partial charge in [0.2, 0.25) is 10.0 Å². The Bertz CT molecular complexity index is 879. The summed E-state index contributed by atoms with van der Waals surface area (Å²) in [7, 11) is -0.565. The molecule has 0 saturated carbocycles. The summed E-state index contributed by atoms with van der Waals surface area (Å²) in [5, 5.41) is 0. The molecule has 0 unspecified atom stereocenters. The van der Waals surface area contributed by atoms with Crippen LogP contribution in [0.4, 0.5) is 0 Å². The molecular formula is C18H21NO5S. The van der Waals surface area contributed by atoms with Crippen molar-refractivity contribution >= 4 is 10.0 Å². The quantitative estimate of drug-likeness (QED) is 0.854. The lowest BCUT2D eigenvalue weighted by atomic mass is 10.1. The minimum absolute atomic E-state index is 0.227. The maximum atomic E-state index is 12.7. The van der Waals surface area contributed by atoms with Gasteiger partial charge in [-0.05, 0) is 48.9 Å². The first-order valence-electron chi connectivity index (χ1n) is 7.94. The third kappa shape index (κ3) is 3.57. The number of benzene rings is 2. The molecule has 0 radical (unpaired) electrons. The lowest BCUT2D eigenvalue weighted by Gasteiger charge is -2.18. The molecule has 7 heteroatoms. The van der Waals surface area contributed by atoms with Crippen LogP contribution in [0.25, 0.3) is 0 Å². The highest BCUT2D eigenvalue weighted by molar-refractivity contribution is 7.89. The van der Waals surface area contributed by atoms with E-state index in [9.17, 15) is 8.42 Å². The predicted octanol–water partition coefficient (Wildman–Crippen LogP) is 2.68. The molecule has 1 aliphatic rings. The zero-order valence-corrected chi connectivity index (χ0v) is 15.2. The minimum Gasteiger partial charge on any atom is -0.497 e. The highest BCUT2D eigenvalue weighted by atomic mass is 32.2. The van der Waals surface area contributed by atoms with Gasteiger partial charge in [-0.1, -0.05) is 0 Å². The molecule has 0 aromatic heterocycles. The van der Waals surface area contributed by atoms with Crippen LogP contribution in [0, 0.1) is 0 Å². The van der Waals surface area contributed by atoms with Crippen molar-refractivity contribution in [1.82, 2.24) is 4.72 Å². The van der Waals surface area contributed by atoms with E-state index in [4.69, 9.17) is 14.2 Å². The van der Waals surface area contributed by atoms with Crippen molar-refractivity contribution in [1.29, 1.82) is 0 Å². The van der Waals surface area contributed by atoms with Crippen molar-refractivity contribution < 1.29 is 22.6 Å². The molecule has 0 aliphatic carbocycles. The zero-order chi connectivity index (χ0) is 18.0. The average molecular weight is 363 g/mol. The second kappa shape index (κ2) is 6.93. The summed E-state index contributed by atoms with van der Waals surface area (Å²) in [6.45, 7) is 2.36. The summed E-state index contributed by atoms with van der Waals surface area (Å²) < 4.78 is 44.2. The monoisotopic (exact) mass is 363 g/mol. The highest BCUT2D eigenvalue weighted by Gasteiger charge is 2.23. The molecule has 6 nitrogen and oxygen atoms in total. The van der Waals surface area contributed by atoms with Gasteiger partial charge in [0.25, 0.3) is 0 Å². The van der Waals surface area contributed by atoms with Crippen LogP contribution in [0.2, 0.25) is 0 Å². The van der Waals surface area contributed by atoms with Crippen LogP contribution in [0.1, 0.15) is 24.1 Å². The SMILES string of the molecule is COc1ccc(OC)c([C@H](C)NS(=O)(=O)c2ccc3c(c2)CCO3)c1. The van der Waals surface area contributed by atoms with E-state index in [0.717, 1.165) is 17.7 Å². The molecule has 0 bridgehead atoms. The molecule has 2 aromatic rings. The smallest absolute Gasteiger partial charge is 0.241 e. The molecule has 1 atom stereocenters. The highest BCUT2D eigenvalue weighted by Crippen LogP contribution is 2.31. The fourth-order valence-electron chi connectivity index (χ4n) is 2.87. The lowest BCUT2D eigenvalue weighted by Crippen LogP contribution is -2.27. The van der Waals surface area contributed by atoms with Crippen molar-refractivity contribution in [2.24, 2.45) is 0 Å². The number of hydrogen-bond acceptors (Lipinski definition) is 5. The predicted molar refractivity (Wildman–Crippen MR) is 93.9 cm³/mol. The Labute approximate surface area is 147 Å². The largest absolute Gasteiger partial charge is 0.497 e. The number of nitrogens with one attached hydrogen (secondary N) is 1. The molecule has 25 heavy (non-hydrogen) atoms. The Balaban J connectivity index is 1.88. The number of ether oxygens (including phenoxy) is 3. The molecular weight excluding hydrogens is 342 g/mol. The Morgan fingerprint density at radius 1 is 1.12 bits per heavy atom. The summed E-state index contributed by atoms with van der Waals surface area (Å²) in [6.07, 6.45) is 0.720. The van der Waals surface area contributed by atoms with Gasteiger partial charge in [-0.3, -0.25) is 0 Å². The Morgan fingerprint density at radius 3 is 2.64 bits per heavy atom. The van der Waals surface area contributed by atoms with E-state index in [-0.39, 0.29) is 4.90 Å². The molecule has 134 valence electrons. The van der Waals surface area contributed by atoms with E-state index in [2.05, 4.69) is 4.72 Å². The molecule has 3 rings (SSSR count). The van der Waals surface area contributed by atoms with Gasteiger partial charge in [-0.2, -0.15) is 0 Å². The van der Waals surface area contributed by atoms with E-state index in [1.165, 1.54) is 0 Å². The molecule has 1 N–H and O–H groups in total. The maximum absolute atomic E-state index is 12.7. The second-order valence-electron chi connectivity index (χ2n) is 5.82. The normalized spacial score (nSPS) is 14.5. The zero-order valence-electron chi connectivity index (χ0n) is 14.4. The van der Waals surface area contributed by atoms with Gasteiger partial charge >= 0.3 is 0 Å². The van der Waals surface area contributed by atoms with Gasteiger partial charge in [0.15, 0.2) is 0 Å². The van der Waals surface area contributed by atoms with E-state index >= 15 is 0 Å². The van der Waals surface area contributed by atoms with Crippen molar-refractivity contribution in [2.75, 3.05) is 20.8 Å². The molecule has 0 amide bonds. The third-order valence-electron chi connectivity index (χ3n) is 4.21. The van der Waals surface area contributed by atoms with Crippen LogP contribution < -0.4 is 18.9 Å². The van der Waals surface area contributed by atoms with E-state index in [1.807, 2.05) is 0 Å². The Morgan fingerprint density at radius 2 is 1.92 bits per heavy atom. The third-order valence-corrected chi connectivity index (χ3v) is 5.74. The van der Waals surface area contributed by atoms with Crippen molar-refractivity contribution in [3.8, 4) is 17.2 Å². The van der Waals surface area contributed by atoms with Crippen LogP contribution >= 0.6 is 0 Å². The molecule has 1 heterocycles. The van der Waals surface area contributed by atoms with Gasteiger partial charge in [0.05, 0.1) is 25.7 Å². The molecule has 2 aromatic carbocycles. The van der Waals surface area contributed by atoms with Gasteiger partial charge < -0.3 is 14.2 Å². The fraction of sp³-hybridized carbons (Fsp3) is 0.333. The first-order chi connectivity index (χ1) is 11.9. The lowest BCUT2D eigenvalue weighted by molar-refractivity contribution is 0.356. The Hall–Kier alpha value is -2.25. The van der Waals surface area contributed by atoms with Crippen LogP contribution in [-0.2, 0) is 16.4 Å². The van der Waals surface area contributed by atoms with Gasteiger partial charge in [0, 0.05) is 18.0 Å². The number of rotatable bonds is 6. The van der Waals surface area contributed by atoms with E-state index < -0.39 is 16.1 Å².